The Balaban J connectivity index is 1.65. The second-order valence-electron chi connectivity index (χ2n) is 7.72. The van der Waals surface area contributed by atoms with E-state index in [2.05, 4.69) is 14.9 Å². The van der Waals surface area contributed by atoms with Gasteiger partial charge in [-0.2, -0.15) is 0 Å². The number of benzene rings is 3. The Labute approximate surface area is 207 Å². The van der Waals surface area contributed by atoms with E-state index in [1.807, 2.05) is 35.8 Å². The van der Waals surface area contributed by atoms with E-state index in [1.54, 1.807) is 19.1 Å². The fourth-order valence-electron chi connectivity index (χ4n) is 3.29. The maximum atomic E-state index is 13.2. The zero-order chi connectivity index (χ0) is 24.3. The van der Waals surface area contributed by atoms with Crippen LogP contribution in [0.5, 0.6) is 0 Å². The van der Waals surface area contributed by atoms with E-state index in [4.69, 9.17) is 11.6 Å². The van der Waals surface area contributed by atoms with E-state index < -0.39 is 16.1 Å². The Hall–Kier alpha value is -2.72. The van der Waals surface area contributed by atoms with E-state index in [0.717, 1.165) is 16.8 Å². The van der Waals surface area contributed by atoms with Crippen LogP contribution >= 0.6 is 23.4 Å². The van der Waals surface area contributed by atoms with Gasteiger partial charge in [-0.25, -0.2) is 17.5 Å². The molecule has 1 unspecified atom stereocenters. The van der Waals surface area contributed by atoms with E-state index in [1.165, 1.54) is 48.2 Å². The average molecular weight is 517 g/mol. The summed E-state index contributed by atoms with van der Waals surface area (Å²) in [7, 11) is -3.81. The molecule has 0 amide bonds. The highest BCUT2D eigenvalue weighted by atomic mass is 35.5. The van der Waals surface area contributed by atoms with Gasteiger partial charge in [-0.3, -0.25) is 4.57 Å². The van der Waals surface area contributed by atoms with Gasteiger partial charge in [0.25, 0.3) is 0 Å². The van der Waals surface area contributed by atoms with Gasteiger partial charge in [-0.05, 0) is 67.9 Å². The van der Waals surface area contributed by atoms with Crippen molar-refractivity contribution < 1.29 is 12.8 Å². The zero-order valence-electron chi connectivity index (χ0n) is 18.4. The Kier molecular flexibility index (Phi) is 7.37. The van der Waals surface area contributed by atoms with Crippen LogP contribution in [0.2, 0.25) is 5.02 Å². The van der Waals surface area contributed by atoms with Crippen molar-refractivity contribution in [3.63, 3.8) is 0 Å². The number of aryl methyl sites for hydroxylation is 1. The summed E-state index contributed by atoms with van der Waals surface area (Å²) >= 11 is 7.32. The molecule has 0 aliphatic carbocycles. The monoisotopic (exact) mass is 516 g/mol. The molecule has 0 fully saturated rings. The van der Waals surface area contributed by atoms with Crippen LogP contribution in [0.1, 0.15) is 29.9 Å². The Bertz CT molecular complexity index is 1370. The van der Waals surface area contributed by atoms with E-state index >= 15 is 0 Å². The summed E-state index contributed by atoms with van der Waals surface area (Å²) in [5, 5.41) is 9.70. The quantitative estimate of drug-likeness (QED) is 0.304. The van der Waals surface area contributed by atoms with Gasteiger partial charge in [-0.15, -0.1) is 10.2 Å². The predicted octanol–water partition coefficient (Wildman–Crippen LogP) is 5.70. The van der Waals surface area contributed by atoms with Gasteiger partial charge >= 0.3 is 0 Å². The first-order chi connectivity index (χ1) is 16.2. The molecule has 10 heteroatoms. The number of nitrogens with one attached hydrogen (secondary N) is 1. The van der Waals surface area contributed by atoms with E-state index in [-0.39, 0.29) is 10.7 Å². The van der Waals surface area contributed by atoms with Crippen molar-refractivity contribution >= 4 is 33.4 Å². The minimum absolute atomic E-state index is 0.107. The summed E-state index contributed by atoms with van der Waals surface area (Å²) in [4.78, 5) is 0.107. The van der Waals surface area contributed by atoms with Crippen LogP contribution in [0.4, 0.5) is 4.39 Å². The molecule has 4 rings (SSSR count). The second kappa shape index (κ2) is 10.3. The number of halogens is 2. The van der Waals surface area contributed by atoms with Crippen LogP contribution in [-0.4, -0.2) is 23.2 Å². The van der Waals surface area contributed by atoms with Gasteiger partial charge in [0.05, 0.1) is 10.9 Å². The summed E-state index contributed by atoms with van der Waals surface area (Å²) in [6.07, 6.45) is 0. The molecule has 1 N–H and O–H groups in total. The summed E-state index contributed by atoms with van der Waals surface area (Å²) in [5.41, 5.74) is 2.84. The lowest BCUT2D eigenvalue weighted by Gasteiger charge is -2.17. The molecule has 0 radical (unpaired) electrons. The number of hydrogen-bond donors (Lipinski definition) is 1. The Morgan fingerprint density at radius 3 is 2.29 bits per heavy atom. The van der Waals surface area contributed by atoms with Crippen molar-refractivity contribution in [2.45, 2.75) is 35.7 Å². The van der Waals surface area contributed by atoms with Crippen LogP contribution in [0.25, 0.3) is 5.69 Å². The van der Waals surface area contributed by atoms with E-state index in [0.29, 0.717) is 21.8 Å². The van der Waals surface area contributed by atoms with Gasteiger partial charge in [0.15, 0.2) is 11.0 Å². The molecule has 1 atom stereocenters. The van der Waals surface area contributed by atoms with Crippen LogP contribution in [0.3, 0.4) is 0 Å². The first-order valence-corrected chi connectivity index (χ1v) is 13.2. The zero-order valence-corrected chi connectivity index (χ0v) is 20.8. The van der Waals surface area contributed by atoms with Crippen molar-refractivity contribution in [1.29, 1.82) is 0 Å². The maximum absolute atomic E-state index is 13.2. The highest BCUT2D eigenvalue weighted by Crippen LogP contribution is 2.28. The summed E-state index contributed by atoms with van der Waals surface area (Å²) in [5.74, 6) is 0.707. The smallest absolute Gasteiger partial charge is 0.241 e. The SMILES string of the molecule is Cc1ccc(-n2c(SCc3ccc(F)cc3)nnc2C(C)NS(=O)(=O)c2ccc(Cl)cc2)cc1. The highest BCUT2D eigenvalue weighted by Gasteiger charge is 2.24. The molecule has 0 spiro atoms. The van der Waals surface area contributed by atoms with Gasteiger partial charge in [0.2, 0.25) is 10.0 Å². The standard InChI is InChI=1S/C24H22ClFN4O2S2/c1-16-3-11-21(12-4-16)30-23(17(2)29-34(31,32)22-13-7-19(25)8-14-22)27-28-24(30)33-15-18-5-9-20(26)10-6-18/h3-14,17,29H,15H2,1-2H3. The van der Waals surface area contributed by atoms with Crippen LogP contribution in [0, 0.1) is 12.7 Å². The van der Waals surface area contributed by atoms with Crippen LogP contribution in [0.15, 0.2) is 82.8 Å². The largest absolute Gasteiger partial charge is 0.273 e. The third kappa shape index (κ3) is 5.67. The van der Waals surface area contributed by atoms with Crippen molar-refractivity contribution in [3.05, 3.63) is 101 Å². The maximum Gasteiger partial charge on any atom is 0.241 e. The topological polar surface area (TPSA) is 76.9 Å². The summed E-state index contributed by atoms with van der Waals surface area (Å²) in [6, 6.07) is 19.4. The van der Waals surface area contributed by atoms with Crippen LogP contribution < -0.4 is 4.72 Å². The second-order valence-corrected chi connectivity index (χ2v) is 10.8. The average Bonchev–Trinajstić information content (AvgIpc) is 3.23. The Morgan fingerprint density at radius 1 is 1.00 bits per heavy atom. The molecule has 0 bridgehead atoms. The fraction of sp³-hybridized carbons (Fsp3) is 0.167. The number of hydrogen-bond acceptors (Lipinski definition) is 5. The molecule has 1 heterocycles. The molecule has 6 nitrogen and oxygen atoms in total. The summed E-state index contributed by atoms with van der Waals surface area (Å²) in [6.45, 7) is 3.71. The number of thioether (sulfide) groups is 1. The Morgan fingerprint density at radius 2 is 1.65 bits per heavy atom. The molecule has 0 saturated carbocycles. The van der Waals surface area contributed by atoms with Gasteiger partial charge in [0, 0.05) is 16.5 Å². The first kappa shape index (κ1) is 24.4. The van der Waals surface area contributed by atoms with Crippen molar-refractivity contribution in [1.82, 2.24) is 19.5 Å². The van der Waals surface area contributed by atoms with Crippen molar-refractivity contribution in [2.24, 2.45) is 0 Å². The number of sulfonamides is 1. The molecule has 0 aliphatic rings. The predicted molar refractivity (Wildman–Crippen MR) is 132 cm³/mol. The minimum atomic E-state index is -3.81. The molecular formula is C24H22ClFN4O2S2. The highest BCUT2D eigenvalue weighted by molar-refractivity contribution is 7.98. The van der Waals surface area contributed by atoms with E-state index in [9.17, 15) is 12.8 Å². The molecule has 3 aromatic carbocycles. The number of nitrogens with zero attached hydrogens (tertiary/aromatic N) is 3. The number of aromatic nitrogens is 3. The van der Waals surface area contributed by atoms with Crippen molar-refractivity contribution in [3.8, 4) is 5.69 Å². The van der Waals surface area contributed by atoms with Crippen molar-refractivity contribution in [2.75, 3.05) is 0 Å². The van der Waals surface area contributed by atoms with Gasteiger partial charge in [0.1, 0.15) is 5.82 Å². The summed E-state index contributed by atoms with van der Waals surface area (Å²) < 4.78 is 43.6. The molecule has 0 aliphatic heterocycles. The molecule has 1 aromatic heterocycles. The lowest BCUT2D eigenvalue weighted by Crippen LogP contribution is -2.28. The third-order valence-corrected chi connectivity index (χ3v) is 7.88. The fourth-order valence-corrected chi connectivity index (χ4v) is 5.53. The third-order valence-electron chi connectivity index (χ3n) is 5.07. The minimum Gasteiger partial charge on any atom is -0.273 e. The molecule has 4 aromatic rings. The van der Waals surface area contributed by atoms with Gasteiger partial charge in [-0.1, -0.05) is 53.2 Å². The first-order valence-electron chi connectivity index (χ1n) is 10.4. The molecule has 176 valence electrons. The lowest BCUT2D eigenvalue weighted by atomic mass is 10.2. The van der Waals surface area contributed by atoms with Crippen LogP contribution in [-0.2, 0) is 15.8 Å². The van der Waals surface area contributed by atoms with Gasteiger partial charge < -0.3 is 0 Å². The normalized spacial score (nSPS) is 12.6. The number of rotatable bonds is 8. The molecular weight excluding hydrogens is 495 g/mol. The lowest BCUT2D eigenvalue weighted by molar-refractivity contribution is 0.556. The molecule has 0 saturated heterocycles. The molecule has 34 heavy (non-hydrogen) atoms.